The Bertz CT molecular complexity index is 864. The first-order valence-electron chi connectivity index (χ1n) is 8.93. The highest BCUT2D eigenvalue weighted by molar-refractivity contribution is 5.86. The fourth-order valence-electron chi connectivity index (χ4n) is 2.71. The molecule has 1 heterocycles. The number of benzene rings is 2. The van der Waals surface area contributed by atoms with E-state index in [0.29, 0.717) is 25.5 Å². The average molecular weight is 367 g/mol. The van der Waals surface area contributed by atoms with Crippen molar-refractivity contribution in [1.29, 1.82) is 0 Å². The first kappa shape index (κ1) is 18.9. The molecule has 1 aromatic heterocycles. The summed E-state index contributed by atoms with van der Waals surface area (Å²) in [5.41, 5.74) is 7.54. The number of hydrogen-bond acceptors (Lipinski definition) is 6. The van der Waals surface area contributed by atoms with E-state index >= 15 is 0 Å². The van der Waals surface area contributed by atoms with Crippen LogP contribution in [-0.4, -0.2) is 36.9 Å². The lowest BCUT2D eigenvalue weighted by Crippen LogP contribution is -2.26. The number of nitrogens with two attached hydrogens (primary N) is 1. The van der Waals surface area contributed by atoms with Crippen molar-refractivity contribution < 1.29 is 14.6 Å². The molecule has 0 aliphatic rings. The molecule has 0 spiro atoms. The summed E-state index contributed by atoms with van der Waals surface area (Å²) in [5, 5.41) is 13.5. The molecule has 1 unspecified atom stereocenters. The van der Waals surface area contributed by atoms with Gasteiger partial charge in [0, 0.05) is 30.5 Å². The minimum absolute atomic E-state index is 0.0121. The molecule has 2 aromatic carbocycles. The summed E-state index contributed by atoms with van der Waals surface area (Å²) in [4.78, 5) is 4.62. The number of nitrogens with one attached hydrogen (secondary N) is 1. The van der Waals surface area contributed by atoms with E-state index in [4.69, 9.17) is 15.2 Å². The zero-order valence-corrected chi connectivity index (χ0v) is 15.4. The molecule has 4 N–H and O–H groups in total. The van der Waals surface area contributed by atoms with Crippen LogP contribution in [-0.2, 0) is 6.61 Å². The van der Waals surface area contributed by atoms with Crippen molar-refractivity contribution in [2.24, 2.45) is 11.7 Å². The van der Waals surface area contributed by atoms with Gasteiger partial charge in [-0.1, -0.05) is 24.3 Å². The maximum absolute atomic E-state index is 9.30. The van der Waals surface area contributed by atoms with E-state index in [0.717, 1.165) is 28.0 Å². The van der Waals surface area contributed by atoms with Gasteiger partial charge in [0.05, 0.1) is 12.6 Å². The van der Waals surface area contributed by atoms with E-state index in [1.54, 1.807) is 7.11 Å². The van der Waals surface area contributed by atoms with Crippen LogP contribution in [0, 0.1) is 5.92 Å². The van der Waals surface area contributed by atoms with Crippen LogP contribution in [0.3, 0.4) is 0 Å². The lowest BCUT2D eigenvalue weighted by molar-refractivity contribution is 0.237. The highest BCUT2D eigenvalue weighted by atomic mass is 16.5. The van der Waals surface area contributed by atoms with Gasteiger partial charge in [0.15, 0.2) is 0 Å². The molecule has 0 radical (unpaired) electrons. The Morgan fingerprint density at radius 1 is 1.15 bits per heavy atom. The number of ether oxygens (including phenoxy) is 2. The van der Waals surface area contributed by atoms with Crippen molar-refractivity contribution in [3.63, 3.8) is 0 Å². The van der Waals surface area contributed by atoms with Crippen molar-refractivity contribution >= 4 is 16.7 Å². The Hall–Kier alpha value is -2.83. The average Bonchev–Trinajstić information content (AvgIpc) is 2.73. The Balaban J connectivity index is 1.79. The second kappa shape index (κ2) is 9.21. The van der Waals surface area contributed by atoms with Crippen LogP contribution < -0.4 is 20.5 Å². The number of aliphatic hydroxyl groups excluding tert-OH is 1. The fraction of sp³-hybridized carbons (Fsp3) is 0.286. The molecule has 3 aromatic rings. The molecule has 0 saturated heterocycles. The van der Waals surface area contributed by atoms with Gasteiger partial charge in [-0.25, -0.2) is 4.98 Å². The highest BCUT2D eigenvalue weighted by Crippen LogP contribution is 2.28. The van der Waals surface area contributed by atoms with Gasteiger partial charge in [0.25, 0.3) is 0 Å². The minimum Gasteiger partial charge on any atom is -0.497 e. The molecule has 27 heavy (non-hydrogen) atoms. The molecule has 6 nitrogen and oxygen atoms in total. The van der Waals surface area contributed by atoms with E-state index < -0.39 is 0 Å². The third-order valence-corrected chi connectivity index (χ3v) is 4.40. The number of aliphatic hydroxyl groups is 1. The second-order valence-electron chi connectivity index (χ2n) is 6.32. The molecule has 0 bridgehead atoms. The summed E-state index contributed by atoms with van der Waals surface area (Å²) in [7, 11) is 1.65. The Morgan fingerprint density at radius 2 is 1.93 bits per heavy atom. The van der Waals surface area contributed by atoms with E-state index in [9.17, 15) is 5.11 Å². The third-order valence-electron chi connectivity index (χ3n) is 4.40. The second-order valence-corrected chi connectivity index (χ2v) is 6.32. The molecule has 1 atom stereocenters. The smallest absolute Gasteiger partial charge is 0.132 e. The van der Waals surface area contributed by atoms with Crippen LogP contribution in [0.5, 0.6) is 11.5 Å². The summed E-state index contributed by atoms with van der Waals surface area (Å²) in [6.45, 7) is 1.45. The summed E-state index contributed by atoms with van der Waals surface area (Å²) in [6.07, 6.45) is 0. The minimum atomic E-state index is -0.0121. The SMILES string of the molecule is COc1ccc(COc2cc(NCC(CN)CO)nc3ccccc23)cc1. The van der Waals surface area contributed by atoms with Gasteiger partial charge in [-0.05, 0) is 36.4 Å². The molecule has 0 fully saturated rings. The van der Waals surface area contributed by atoms with Crippen LogP contribution in [0.25, 0.3) is 10.9 Å². The predicted molar refractivity (Wildman–Crippen MR) is 107 cm³/mol. The van der Waals surface area contributed by atoms with Gasteiger partial charge in [0.1, 0.15) is 23.9 Å². The number of anilines is 1. The number of aromatic nitrogens is 1. The third kappa shape index (κ3) is 4.87. The monoisotopic (exact) mass is 367 g/mol. The first-order valence-corrected chi connectivity index (χ1v) is 8.93. The summed E-state index contributed by atoms with van der Waals surface area (Å²) < 4.78 is 11.3. The maximum Gasteiger partial charge on any atom is 0.132 e. The van der Waals surface area contributed by atoms with E-state index in [1.807, 2.05) is 54.6 Å². The number of methoxy groups -OCH3 is 1. The van der Waals surface area contributed by atoms with Crippen molar-refractivity contribution in [1.82, 2.24) is 4.98 Å². The maximum atomic E-state index is 9.30. The van der Waals surface area contributed by atoms with Crippen LogP contribution in [0.4, 0.5) is 5.82 Å². The molecule has 0 saturated carbocycles. The molecule has 6 heteroatoms. The fourth-order valence-corrected chi connectivity index (χ4v) is 2.71. The summed E-state index contributed by atoms with van der Waals surface area (Å²) in [5.74, 6) is 2.26. The topological polar surface area (TPSA) is 89.6 Å². The van der Waals surface area contributed by atoms with Crippen molar-refractivity contribution in [2.75, 3.05) is 32.1 Å². The van der Waals surface area contributed by atoms with Crippen molar-refractivity contribution in [3.05, 3.63) is 60.2 Å². The summed E-state index contributed by atoms with van der Waals surface area (Å²) >= 11 is 0. The normalized spacial score (nSPS) is 12.0. The summed E-state index contributed by atoms with van der Waals surface area (Å²) in [6, 6.07) is 17.5. The molecule has 0 aliphatic carbocycles. The lowest BCUT2D eigenvalue weighted by Gasteiger charge is -2.15. The first-order chi connectivity index (χ1) is 13.2. The predicted octanol–water partition coefficient (Wildman–Crippen LogP) is 2.80. The number of fused-ring (bicyclic) bond motifs is 1. The molecule has 0 amide bonds. The molecule has 3 rings (SSSR count). The van der Waals surface area contributed by atoms with Crippen molar-refractivity contribution in [3.8, 4) is 11.5 Å². The molecular weight excluding hydrogens is 342 g/mol. The zero-order chi connectivity index (χ0) is 19.1. The van der Waals surface area contributed by atoms with E-state index in [2.05, 4.69) is 10.3 Å². The van der Waals surface area contributed by atoms with Gasteiger partial charge in [-0.3, -0.25) is 0 Å². The number of hydrogen-bond donors (Lipinski definition) is 3. The Morgan fingerprint density at radius 3 is 2.63 bits per heavy atom. The van der Waals surface area contributed by atoms with Crippen LogP contribution in [0.2, 0.25) is 0 Å². The van der Waals surface area contributed by atoms with Crippen LogP contribution in [0.15, 0.2) is 54.6 Å². The lowest BCUT2D eigenvalue weighted by atomic mass is 10.1. The molecular formula is C21H25N3O3. The van der Waals surface area contributed by atoms with Crippen molar-refractivity contribution in [2.45, 2.75) is 6.61 Å². The van der Waals surface area contributed by atoms with E-state index in [-0.39, 0.29) is 12.5 Å². The van der Waals surface area contributed by atoms with Gasteiger partial charge in [-0.2, -0.15) is 0 Å². The number of rotatable bonds is 9. The van der Waals surface area contributed by atoms with Gasteiger partial charge >= 0.3 is 0 Å². The Kier molecular flexibility index (Phi) is 6.46. The standard InChI is InChI=1S/C21H25N3O3/c1-26-17-8-6-15(7-9-17)14-27-20-10-21(23-12-16(11-22)13-25)24-19-5-3-2-4-18(19)20/h2-10,16,25H,11-14,22H2,1H3,(H,23,24). The zero-order valence-electron chi connectivity index (χ0n) is 15.4. The molecule has 142 valence electrons. The van der Waals surface area contributed by atoms with Crippen LogP contribution in [0.1, 0.15) is 5.56 Å². The van der Waals surface area contributed by atoms with Gasteiger partial charge in [-0.15, -0.1) is 0 Å². The van der Waals surface area contributed by atoms with Gasteiger partial charge < -0.3 is 25.6 Å². The molecule has 0 aliphatic heterocycles. The quantitative estimate of drug-likeness (QED) is 0.539. The number of nitrogens with zero attached hydrogens (tertiary/aromatic N) is 1. The number of para-hydroxylation sites is 1. The largest absolute Gasteiger partial charge is 0.497 e. The highest BCUT2D eigenvalue weighted by Gasteiger charge is 2.10. The van der Waals surface area contributed by atoms with Gasteiger partial charge in [0.2, 0.25) is 0 Å². The Labute approximate surface area is 158 Å². The number of pyridine rings is 1. The van der Waals surface area contributed by atoms with Crippen LogP contribution >= 0.6 is 0 Å². The van der Waals surface area contributed by atoms with E-state index in [1.165, 1.54) is 0 Å².